The number of carbonyl (C=O) groups excluding carboxylic acids is 1. The summed E-state index contributed by atoms with van der Waals surface area (Å²) in [6.07, 6.45) is 0.967. The van der Waals surface area contributed by atoms with Crippen LogP contribution >= 0.6 is 0 Å². The molecule has 0 radical (unpaired) electrons. The molecule has 2 heterocycles. The van der Waals surface area contributed by atoms with Crippen molar-refractivity contribution in [1.82, 2.24) is 9.88 Å². The number of nitrogens with one attached hydrogen (secondary N) is 1. The topological polar surface area (TPSA) is 91.6 Å². The first-order valence-electron chi connectivity index (χ1n) is 7.90. The fourth-order valence-electron chi connectivity index (χ4n) is 3.43. The van der Waals surface area contributed by atoms with E-state index in [0.717, 1.165) is 13.1 Å². The standard InChI is InChI=1S/C17H19FN2O4/c1-9-11(8-14(22)23)15-12(2-3-13(21)16(15)18)20(9)17(24)10-4-6-19-7-5-10/h2-3,10,19,21H,4-8H2,1H3,(H,22,23). The number of piperidine rings is 1. The Morgan fingerprint density at radius 2 is 2.00 bits per heavy atom. The highest BCUT2D eigenvalue weighted by Gasteiger charge is 2.28. The summed E-state index contributed by atoms with van der Waals surface area (Å²) in [5.41, 5.74) is 0.955. The third-order valence-corrected chi connectivity index (χ3v) is 4.65. The van der Waals surface area contributed by atoms with E-state index in [0.29, 0.717) is 24.1 Å². The quantitative estimate of drug-likeness (QED) is 0.799. The van der Waals surface area contributed by atoms with Gasteiger partial charge in [0.15, 0.2) is 11.6 Å². The number of halogens is 1. The van der Waals surface area contributed by atoms with Gasteiger partial charge in [0.1, 0.15) is 0 Å². The molecule has 128 valence electrons. The normalized spacial score (nSPS) is 15.8. The number of phenolic OH excluding ortho intramolecular Hbond substituents is 1. The zero-order valence-electron chi connectivity index (χ0n) is 13.3. The molecule has 0 unspecified atom stereocenters. The number of aromatic nitrogens is 1. The van der Waals surface area contributed by atoms with Gasteiger partial charge in [-0.2, -0.15) is 0 Å². The van der Waals surface area contributed by atoms with Gasteiger partial charge in [-0.25, -0.2) is 4.39 Å². The number of carboxylic acid groups (broad SMARTS) is 1. The van der Waals surface area contributed by atoms with Crippen LogP contribution in [-0.2, 0) is 11.2 Å². The summed E-state index contributed by atoms with van der Waals surface area (Å²) in [5, 5.41) is 22.0. The molecule has 1 saturated heterocycles. The van der Waals surface area contributed by atoms with Gasteiger partial charge in [-0.05, 0) is 50.6 Å². The van der Waals surface area contributed by atoms with Gasteiger partial charge in [-0.1, -0.05) is 0 Å². The average molecular weight is 334 g/mol. The molecule has 0 atom stereocenters. The van der Waals surface area contributed by atoms with Gasteiger partial charge in [0, 0.05) is 17.0 Å². The predicted octanol–water partition coefficient (Wildman–Crippen LogP) is 2.06. The van der Waals surface area contributed by atoms with Crippen molar-refractivity contribution >= 4 is 22.8 Å². The molecule has 6 nitrogen and oxygen atoms in total. The molecule has 0 bridgehead atoms. The minimum absolute atomic E-state index is 0.0113. The van der Waals surface area contributed by atoms with Crippen LogP contribution < -0.4 is 5.32 Å². The van der Waals surface area contributed by atoms with Crippen molar-refractivity contribution in [2.45, 2.75) is 26.2 Å². The molecule has 1 aliphatic rings. The van der Waals surface area contributed by atoms with Crippen molar-refractivity contribution in [2.75, 3.05) is 13.1 Å². The van der Waals surface area contributed by atoms with Gasteiger partial charge in [-0.3, -0.25) is 14.2 Å². The summed E-state index contributed by atoms with van der Waals surface area (Å²) >= 11 is 0. The summed E-state index contributed by atoms with van der Waals surface area (Å²) in [6, 6.07) is 2.65. The van der Waals surface area contributed by atoms with Crippen molar-refractivity contribution in [2.24, 2.45) is 5.92 Å². The molecule has 0 amide bonds. The molecule has 3 N–H and O–H groups in total. The maximum atomic E-state index is 14.4. The largest absolute Gasteiger partial charge is 0.505 e. The van der Waals surface area contributed by atoms with Crippen molar-refractivity contribution in [3.05, 3.63) is 29.2 Å². The van der Waals surface area contributed by atoms with E-state index in [4.69, 9.17) is 5.11 Å². The van der Waals surface area contributed by atoms with Crippen LogP contribution in [0.15, 0.2) is 12.1 Å². The molecular weight excluding hydrogens is 315 g/mol. The van der Waals surface area contributed by atoms with Gasteiger partial charge in [0.05, 0.1) is 11.9 Å². The lowest BCUT2D eigenvalue weighted by molar-refractivity contribution is -0.136. The number of benzene rings is 1. The molecule has 0 spiro atoms. The highest BCUT2D eigenvalue weighted by molar-refractivity contribution is 5.99. The first-order chi connectivity index (χ1) is 11.4. The van der Waals surface area contributed by atoms with Gasteiger partial charge in [-0.15, -0.1) is 0 Å². The number of hydrogen-bond donors (Lipinski definition) is 3. The highest BCUT2D eigenvalue weighted by atomic mass is 19.1. The SMILES string of the molecule is Cc1c(CC(=O)O)c2c(F)c(O)ccc2n1C(=O)C1CCNCC1. The van der Waals surface area contributed by atoms with Crippen molar-refractivity contribution in [3.63, 3.8) is 0 Å². The second kappa shape index (κ2) is 6.24. The molecule has 3 rings (SSSR count). The number of phenols is 1. The number of hydrogen-bond acceptors (Lipinski definition) is 4. The lowest BCUT2D eigenvalue weighted by Crippen LogP contribution is -2.34. The molecule has 2 aromatic rings. The molecule has 1 aromatic carbocycles. The van der Waals surface area contributed by atoms with Crippen LogP contribution in [0.25, 0.3) is 10.9 Å². The highest BCUT2D eigenvalue weighted by Crippen LogP contribution is 2.34. The Balaban J connectivity index is 2.20. The first kappa shape index (κ1) is 16.4. The molecule has 1 aromatic heterocycles. The number of aliphatic carboxylic acids is 1. The number of aromatic hydroxyl groups is 1. The van der Waals surface area contributed by atoms with Gasteiger partial charge < -0.3 is 15.5 Å². The predicted molar refractivity (Wildman–Crippen MR) is 85.9 cm³/mol. The number of carboxylic acids is 1. The summed E-state index contributed by atoms with van der Waals surface area (Å²) in [4.78, 5) is 24.1. The molecule has 1 fully saturated rings. The number of rotatable bonds is 3. The van der Waals surface area contributed by atoms with Gasteiger partial charge >= 0.3 is 5.97 Å². The van der Waals surface area contributed by atoms with E-state index in [9.17, 15) is 19.1 Å². The smallest absolute Gasteiger partial charge is 0.307 e. The Kier molecular flexibility index (Phi) is 4.28. The summed E-state index contributed by atoms with van der Waals surface area (Å²) in [6.45, 7) is 3.10. The summed E-state index contributed by atoms with van der Waals surface area (Å²) in [5.74, 6) is -2.89. The van der Waals surface area contributed by atoms with Crippen LogP contribution in [0, 0.1) is 18.7 Å². The Bertz CT molecular complexity index is 822. The monoisotopic (exact) mass is 334 g/mol. The average Bonchev–Trinajstić information content (AvgIpc) is 2.83. The Labute approximate surface area is 137 Å². The van der Waals surface area contributed by atoms with Crippen LogP contribution in [0.3, 0.4) is 0 Å². The molecule has 0 aliphatic carbocycles. The van der Waals surface area contributed by atoms with Crippen molar-refractivity contribution in [3.8, 4) is 5.75 Å². The Morgan fingerprint density at radius 1 is 1.33 bits per heavy atom. The van der Waals surface area contributed by atoms with Gasteiger partial charge in [0.25, 0.3) is 0 Å². The van der Waals surface area contributed by atoms with Gasteiger partial charge in [0.2, 0.25) is 5.91 Å². The minimum Gasteiger partial charge on any atom is -0.505 e. The Hall–Kier alpha value is -2.41. The number of fused-ring (bicyclic) bond motifs is 1. The fourth-order valence-corrected chi connectivity index (χ4v) is 3.43. The molecule has 7 heteroatoms. The maximum absolute atomic E-state index is 14.4. The second-order valence-electron chi connectivity index (χ2n) is 6.13. The third kappa shape index (κ3) is 2.65. The number of nitrogens with zero attached hydrogens (tertiary/aromatic N) is 1. The molecule has 1 aliphatic heterocycles. The minimum atomic E-state index is -1.12. The summed E-state index contributed by atoms with van der Waals surface area (Å²) < 4.78 is 15.8. The Morgan fingerprint density at radius 3 is 2.62 bits per heavy atom. The van der Waals surface area contributed by atoms with E-state index in [1.54, 1.807) is 6.92 Å². The second-order valence-corrected chi connectivity index (χ2v) is 6.13. The third-order valence-electron chi connectivity index (χ3n) is 4.65. The van der Waals surface area contributed by atoms with E-state index in [1.807, 2.05) is 0 Å². The van der Waals surface area contributed by atoms with E-state index in [1.165, 1.54) is 16.7 Å². The van der Waals surface area contributed by atoms with E-state index in [-0.39, 0.29) is 22.8 Å². The van der Waals surface area contributed by atoms with Crippen LogP contribution in [0.1, 0.15) is 28.9 Å². The zero-order chi connectivity index (χ0) is 17.4. The zero-order valence-corrected chi connectivity index (χ0v) is 13.3. The summed E-state index contributed by atoms with van der Waals surface area (Å²) in [7, 11) is 0. The van der Waals surface area contributed by atoms with Crippen LogP contribution in [0.2, 0.25) is 0 Å². The van der Waals surface area contributed by atoms with E-state index < -0.39 is 24.0 Å². The van der Waals surface area contributed by atoms with Crippen molar-refractivity contribution < 1.29 is 24.2 Å². The van der Waals surface area contributed by atoms with Crippen LogP contribution in [0.5, 0.6) is 5.75 Å². The lowest BCUT2D eigenvalue weighted by atomic mass is 9.97. The van der Waals surface area contributed by atoms with E-state index >= 15 is 0 Å². The first-order valence-corrected chi connectivity index (χ1v) is 7.90. The number of carbonyl (C=O) groups is 2. The fraction of sp³-hybridized carbons (Fsp3) is 0.412. The molecular formula is C17H19FN2O4. The molecule has 24 heavy (non-hydrogen) atoms. The lowest BCUT2D eigenvalue weighted by Gasteiger charge is -2.22. The van der Waals surface area contributed by atoms with E-state index in [2.05, 4.69) is 5.32 Å². The molecule has 0 saturated carbocycles. The van der Waals surface area contributed by atoms with Crippen LogP contribution in [0.4, 0.5) is 4.39 Å². The van der Waals surface area contributed by atoms with Crippen molar-refractivity contribution in [1.29, 1.82) is 0 Å². The van der Waals surface area contributed by atoms with Crippen LogP contribution in [-0.4, -0.2) is 39.7 Å². The maximum Gasteiger partial charge on any atom is 0.307 e.